The van der Waals surface area contributed by atoms with E-state index in [4.69, 9.17) is 19.3 Å². The van der Waals surface area contributed by atoms with Gasteiger partial charge in [0.25, 0.3) is 0 Å². The normalized spacial score (nSPS) is 19.6. The summed E-state index contributed by atoms with van der Waals surface area (Å²) in [4.78, 5) is 0. The van der Waals surface area contributed by atoms with Crippen LogP contribution >= 0.6 is 0 Å². The minimum absolute atomic E-state index is 0.0698. The van der Waals surface area contributed by atoms with Gasteiger partial charge in [0.2, 0.25) is 0 Å². The lowest BCUT2D eigenvalue weighted by Crippen LogP contribution is -2.04. The molecule has 2 radical (unpaired) electrons. The Hall–Kier alpha value is -1.12. The van der Waals surface area contributed by atoms with Crippen molar-refractivity contribution in [3.63, 3.8) is 0 Å². The van der Waals surface area contributed by atoms with Gasteiger partial charge < -0.3 is 11.5 Å². The highest BCUT2D eigenvalue weighted by molar-refractivity contribution is 6.14. The van der Waals surface area contributed by atoms with E-state index < -0.39 is 0 Å². The van der Waals surface area contributed by atoms with Gasteiger partial charge in [0.05, 0.1) is 19.2 Å². The van der Waals surface area contributed by atoms with E-state index in [9.17, 15) is 0 Å². The van der Waals surface area contributed by atoms with Crippen LogP contribution in [0.15, 0.2) is 35.7 Å². The van der Waals surface area contributed by atoms with Crippen LogP contribution in [0, 0.1) is 0 Å². The Bertz CT molecular complexity index is 194. The third kappa shape index (κ3) is 1.44. The quantitative estimate of drug-likeness (QED) is 0.462. The summed E-state index contributed by atoms with van der Waals surface area (Å²) in [5.41, 5.74) is 12.1. The second-order valence-electron chi connectivity index (χ2n) is 2.21. The summed E-state index contributed by atoms with van der Waals surface area (Å²) in [7, 11) is 5.55. The lowest BCUT2D eigenvalue weighted by Gasteiger charge is -1.93. The Labute approximate surface area is 61.7 Å². The van der Waals surface area contributed by atoms with E-state index in [1.54, 1.807) is 24.3 Å². The van der Waals surface area contributed by atoms with Crippen molar-refractivity contribution in [1.29, 1.82) is 0 Å². The van der Waals surface area contributed by atoms with Crippen molar-refractivity contribution in [1.82, 2.24) is 0 Å². The molecule has 0 saturated carbocycles. The lowest BCUT2D eigenvalue weighted by molar-refractivity contribution is 1.29. The molecule has 4 N–H and O–H groups in total. The van der Waals surface area contributed by atoms with Crippen LogP contribution in [-0.2, 0) is 0 Å². The maximum Gasteiger partial charge on any atom is 0.0811 e. The predicted molar refractivity (Wildman–Crippen MR) is 43.2 cm³/mol. The number of nitrogens with two attached hydrogens (primary N) is 2. The molecular weight excluding hydrogens is 123 g/mol. The largest absolute Gasteiger partial charge is 0.397 e. The molecule has 50 valence electrons. The molecule has 0 aromatic heterocycles. The number of hydrogen-bond acceptors (Lipinski definition) is 2. The second-order valence-corrected chi connectivity index (χ2v) is 2.21. The zero-order valence-electron chi connectivity index (χ0n) is 5.62. The molecule has 0 aromatic carbocycles. The van der Waals surface area contributed by atoms with E-state index in [0.29, 0.717) is 11.4 Å². The fraction of sp³-hybridized carbons (Fsp3) is 0.143. The minimum atomic E-state index is -0.0698. The van der Waals surface area contributed by atoms with Crippen molar-refractivity contribution in [3.8, 4) is 0 Å². The second kappa shape index (κ2) is 2.65. The summed E-state index contributed by atoms with van der Waals surface area (Å²) in [6, 6.07) is 0. The molecule has 0 saturated heterocycles. The molecule has 0 aromatic rings. The molecule has 0 spiro atoms. The maximum atomic E-state index is 5.55. The van der Waals surface area contributed by atoms with Gasteiger partial charge in [-0.2, -0.15) is 0 Å². The van der Waals surface area contributed by atoms with Crippen LogP contribution in [0.4, 0.5) is 0 Å². The molecule has 1 aliphatic carbocycles. The predicted octanol–water partition coefficient (Wildman–Crippen LogP) is 0.198. The van der Waals surface area contributed by atoms with Gasteiger partial charge in [-0.3, -0.25) is 0 Å². The van der Waals surface area contributed by atoms with Gasteiger partial charge in [0.15, 0.2) is 0 Å². The average Bonchev–Trinajstić information content (AvgIpc) is 2.04. The van der Waals surface area contributed by atoms with Crippen molar-refractivity contribution in [2.75, 3.05) is 0 Å². The Morgan fingerprint density at radius 1 is 1.10 bits per heavy atom. The van der Waals surface area contributed by atoms with Crippen LogP contribution in [0.1, 0.15) is 0 Å². The van der Waals surface area contributed by atoms with Crippen molar-refractivity contribution >= 4 is 7.85 Å². The Morgan fingerprint density at radius 2 is 1.50 bits per heavy atom. The van der Waals surface area contributed by atoms with Crippen LogP contribution in [0.5, 0.6) is 0 Å². The molecule has 0 amide bonds. The topological polar surface area (TPSA) is 52.0 Å². The van der Waals surface area contributed by atoms with E-state index in [-0.39, 0.29) is 5.82 Å². The highest BCUT2D eigenvalue weighted by Crippen LogP contribution is 2.10. The minimum Gasteiger partial charge on any atom is -0.397 e. The molecule has 0 atom stereocenters. The van der Waals surface area contributed by atoms with Crippen LogP contribution in [0.2, 0.25) is 5.82 Å². The van der Waals surface area contributed by atoms with Crippen molar-refractivity contribution in [3.05, 3.63) is 35.7 Å². The fourth-order valence-electron chi connectivity index (χ4n) is 0.686. The molecule has 0 fully saturated rings. The molecular formula is C7H9BN2. The summed E-state index contributed by atoms with van der Waals surface area (Å²) in [6.07, 6.45) is 7.04. The van der Waals surface area contributed by atoms with Crippen LogP contribution in [-0.4, -0.2) is 7.85 Å². The summed E-state index contributed by atoms with van der Waals surface area (Å²) in [5.74, 6) is -0.0698. The summed E-state index contributed by atoms with van der Waals surface area (Å²) < 4.78 is 0. The van der Waals surface area contributed by atoms with E-state index in [1.807, 2.05) is 0 Å². The van der Waals surface area contributed by atoms with Gasteiger partial charge in [0, 0.05) is 0 Å². The monoisotopic (exact) mass is 132 g/mol. The van der Waals surface area contributed by atoms with Gasteiger partial charge in [0.1, 0.15) is 0 Å². The molecule has 0 bridgehead atoms. The molecule has 2 nitrogen and oxygen atoms in total. The van der Waals surface area contributed by atoms with Gasteiger partial charge in [-0.1, -0.05) is 12.2 Å². The van der Waals surface area contributed by atoms with Crippen molar-refractivity contribution in [2.45, 2.75) is 5.82 Å². The van der Waals surface area contributed by atoms with Crippen LogP contribution < -0.4 is 11.5 Å². The molecule has 3 heteroatoms. The first kappa shape index (κ1) is 7.00. The van der Waals surface area contributed by atoms with E-state index in [2.05, 4.69) is 0 Å². The first-order chi connectivity index (χ1) is 4.70. The van der Waals surface area contributed by atoms with E-state index >= 15 is 0 Å². The third-order valence-electron chi connectivity index (χ3n) is 1.33. The molecule has 0 aliphatic heterocycles. The third-order valence-corrected chi connectivity index (χ3v) is 1.33. The number of hydrogen-bond donors (Lipinski definition) is 2. The first-order valence-corrected chi connectivity index (χ1v) is 3.07. The molecule has 0 heterocycles. The maximum absolute atomic E-state index is 5.55. The van der Waals surface area contributed by atoms with Crippen LogP contribution in [0.25, 0.3) is 0 Å². The SMILES string of the molecule is [B]C1C=CC(N)=C(N)C=C1. The summed E-state index contributed by atoms with van der Waals surface area (Å²) in [5, 5.41) is 0. The zero-order chi connectivity index (χ0) is 7.56. The van der Waals surface area contributed by atoms with E-state index in [1.165, 1.54) is 0 Å². The standard InChI is InChI=1S/C7H9BN2/c8-5-1-3-6(9)7(10)4-2-5/h1-5H,9-10H2. The Balaban J connectivity index is 2.91. The highest BCUT2D eigenvalue weighted by Gasteiger charge is 1.97. The molecule has 10 heavy (non-hydrogen) atoms. The zero-order valence-corrected chi connectivity index (χ0v) is 5.62. The number of rotatable bonds is 0. The molecule has 1 rings (SSSR count). The van der Waals surface area contributed by atoms with Gasteiger partial charge >= 0.3 is 0 Å². The average molecular weight is 132 g/mol. The van der Waals surface area contributed by atoms with Gasteiger partial charge in [-0.15, -0.1) is 0 Å². The molecule has 1 aliphatic rings. The van der Waals surface area contributed by atoms with Gasteiger partial charge in [-0.05, 0) is 18.0 Å². The molecule has 0 unspecified atom stereocenters. The van der Waals surface area contributed by atoms with E-state index in [0.717, 1.165) is 0 Å². The smallest absolute Gasteiger partial charge is 0.0811 e. The lowest BCUT2D eigenvalue weighted by atomic mass is 9.87. The van der Waals surface area contributed by atoms with Crippen molar-refractivity contribution < 1.29 is 0 Å². The fourth-order valence-corrected chi connectivity index (χ4v) is 0.686. The van der Waals surface area contributed by atoms with Gasteiger partial charge in [-0.25, -0.2) is 0 Å². The van der Waals surface area contributed by atoms with Crippen LogP contribution in [0.3, 0.4) is 0 Å². The Kier molecular flexibility index (Phi) is 1.85. The number of allylic oxidation sites excluding steroid dienone is 4. The first-order valence-electron chi connectivity index (χ1n) is 3.07. The Morgan fingerprint density at radius 3 is 1.90 bits per heavy atom. The highest BCUT2D eigenvalue weighted by atomic mass is 14.7. The summed E-state index contributed by atoms with van der Waals surface area (Å²) in [6.45, 7) is 0. The van der Waals surface area contributed by atoms with Crippen molar-refractivity contribution in [2.24, 2.45) is 11.5 Å². The summed E-state index contributed by atoms with van der Waals surface area (Å²) >= 11 is 0.